The molecule has 0 amide bonds. The van der Waals surface area contributed by atoms with Gasteiger partial charge in [0, 0.05) is 16.3 Å². The summed E-state index contributed by atoms with van der Waals surface area (Å²) in [6.45, 7) is 2.01. The van der Waals surface area contributed by atoms with Gasteiger partial charge in [0.25, 0.3) is 0 Å². The van der Waals surface area contributed by atoms with E-state index in [2.05, 4.69) is 10.3 Å². The highest BCUT2D eigenvalue weighted by Crippen LogP contribution is 2.22. The van der Waals surface area contributed by atoms with Crippen LogP contribution >= 0.6 is 11.6 Å². The summed E-state index contributed by atoms with van der Waals surface area (Å²) < 4.78 is 1.73. The number of aryl methyl sites for hydroxylation is 1. The van der Waals surface area contributed by atoms with E-state index in [0.29, 0.717) is 10.7 Å². The molecule has 1 aromatic heterocycles. The van der Waals surface area contributed by atoms with Gasteiger partial charge in [-0.05, 0) is 36.8 Å². The second kappa shape index (κ2) is 4.98. The van der Waals surface area contributed by atoms with Gasteiger partial charge in [0.05, 0.1) is 11.9 Å². The predicted octanol–water partition coefficient (Wildman–Crippen LogP) is 3.48. The first-order valence-electron chi connectivity index (χ1n) is 6.18. The van der Waals surface area contributed by atoms with Gasteiger partial charge in [-0.1, -0.05) is 35.0 Å². The van der Waals surface area contributed by atoms with E-state index in [1.54, 1.807) is 4.68 Å². The van der Waals surface area contributed by atoms with Gasteiger partial charge in [0.15, 0.2) is 0 Å². The van der Waals surface area contributed by atoms with Gasteiger partial charge in [0.1, 0.15) is 5.69 Å². The van der Waals surface area contributed by atoms with E-state index in [9.17, 15) is 0 Å². The van der Waals surface area contributed by atoms with Crippen LogP contribution in [-0.4, -0.2) is 15.0 Å². The summed E-state index contributed by atoms with van der Waals surface area (Å²) in [5.41, 5.74) is 10.3. The monoisotopic (exact) mass is 284 g/mol. The molecule has 3 rings (SSSR count). The molecule has 0 fully saturated rings. The van der Waals surface area contributed by atoms with Crippen molar-refractivity contribution in [2.24, 2.45) is 0 Å². The molecule has 20 heavy (non-hydrogen) atoms. The maximum atomic E-state index is 5.88. The topological polar surface area (TPSA) is 56.7 Å². The second-order valence-corrected chi connectivity index (χ2v) is 5.04. The van der Waals surface area contributed by atoms with Crippen molar-refractivity contribution < 1.29 is 0 Å². The smallest absolute Gasteiger partial charge is 0.113 e. The number of rotatable bonds is 2. The Morgan fingerprint density at radius 3 is 2.60 bits per heavy atom. The summed E-state index contributed by atoms with van der Waals surface area (Å²) in [6, 6.07) is 13.2. The molecule has 4 nitrogen and oxygen atoms in total. The minimum Gasteiger partial charge on any atom is -0.399 e. The lowest BCUT2D eigenvalue weighted by atomic mass is 10.1. The number of aromatic nitrogens is 3. The highest BCUT2D eigenvalue weighted by Gasteiger charge is 2.07. The van der Waals surface area contributed by atoms with Gasteiger partial charge in [-0.25, -0.2) is 4.68 Å². The van der Waals surface area contributed by atoms with Crippen LogP contribution < -0.4 is 5.73 Å². The number of hydrogen-bond acceptors (Lipinski definition) is 3. The highest BCUT2D eigenvalue weighted by molar-refractivity contribution is 6.30. The van der Waals surface area contributed by atoms with Crippen LogP contribution in [0.15, 0.2) is 48.7 Å². The predicted molar refractivity (Wildman–Crippen MR) is 81.0 cm³/mol. The van der Waals surface area contributed by atoms with Crippen molar-refractivity contribution in [3.05, 3.63) is 59.2 Å². The molecule has 0 saturated carbocycles. The molecule has 2 aromatic carbocycles. The highest BCUT2D eigenvalue weighted by atomic mass is 35.5. The average molecular weight is 285 g/mol. The van der Waals surface area contributed by atoms with Gasteiger partial charge < -0.3 is 5.73 Å². The Morgan fingerprint density at radius 1 is 1.10 bits per heavy atom. The number of anilines is 1. The van der Waals surface area contributed by atoms with Gasteiger partial charge in [0.2, 0.25) is 0 Å². The van der Waals surface area contributed by atoms with E-state index in [1.807, 2.05) is 55.6 Å². The normalized spacial score (nSPS) is 10.7. The van der Waals surface area contributed by atoms with Gasteiger partial charge in [-0.15, -0.1) is 5.10 Å². The Bertz CT molecular complexity index is 747. The Kier molecular flexibility index (Phi) is 3.16. The SMILES string of the molecule is Cc1ccc(N)cc1-n1cc(-c2ccc(Cl)cc2)nn1. The molecular weight excluding hydrogens is 272 g/mol. The summed E-state index contributed by atoms with van der Waals surface area (Å²) in [7, 11) is 0. The van der Waals surface area contributed by atoms with Gasteiger partial charge in [-0.3, -0.25) is 0 Å². The fraction of sp³-hybridized carbons (Fsp3) is 0.0667. The number of nitrogen functional groups attached to an aromatic ring is 1. The summed E-state index contributed by atoms with van der Waals surface area (Å²) >= 11 is 5.88. The van der Waals surface area contributed by atoms with Crippen molar-refractivity contribution in [2.75, 3.05) is 5.73 Å². The van der Waals surface area contributed by atoms with Crippen LogP contribution in [0.5, 0.6) is 0 Å². The fourth-order valence-electron chi connectivity index (χ4n) is 2.01. The zero-order valence-electron chi connectivity index (χ0n) is 10.9. The zero-order valence-corrected chi connectivity index (χ0v) is 11.7. The maximum absolute atomic E-state index is 5.88. The third-order valence-corrected chi connectivity index (χ3v) is 3.37. The van der Waals surface area contributed by atoms with E-state index < -0.39 is 0 Å². The van der Waals surface area contributed by atoms with Crippen molar-refractivity contribution in [1.29, 1.82) is 0 Å². The zero-order chi connectivity index (χ0) is 14.1. The molecule has 5 heteroatoms. The second-order valence-electron chi connectivity index (χ2n) is 4.60. The van der Waals surface area contributed by atoms with Gasteiger partial charge >= 0.3 is 0 Å². The van der Waals surface area contributed by atoms with Crippen molar-refractivity contribution in [2.45, 2.75) is 6.92 Å². The molecule has 0 saturated heterocycles. The standard InChI is InChI=1S/C15H13ClN4/c1-10-2-7-13(17)8-15(10)20-9-14(18-19-20)11-3-5-12(16)6-4-11/h2-9H,17H2,1H3. The molecule has 0 bridgehead atoms. The van der Waals surface area contributed by atoms with Crippen LogP contribution in [0.4, 0.5) is 5.69 Å². The summed E-state index contributed by atoms with van der Waals surface area (Å²) in [5.74, 6) is 0. The molecule has 0 aliphatic carbocycles. The third-order valence-electron chi connectivity index (χ3n) is 3.11. The molecule has 3 aromatic rings. The lowest BCUT2D eigenvalue weighted by Gasteiger charge is -2.05. The van der Waals surface area contributed by atoms with Crippen LogP contribution in [0, 0.1) is 6.92 Å². The largest absolute Gasteiger partial charge is 0.399 e. The molecule has 0 aliphatic rings. The van der Waals surface area contributed by atoms with Crippen molar-refractivity contribution in [3.8, 4) is 16.9 Å². The molecule has 0 unspecified atom stereocenters. The van der Waals surface area contributed by atoms with Crippen molar-refractivity contribution in [3.63, 3.8) is 0 Å². The summed E-state index contributed by atoms with van der Waals surface area (Å²) in [4.78, 5) is 0. The molecule has 1 heterocycles. The van der Waals surface area contributed by atoms with Gasteiger partial charge in [-0.2, -0.15) is 0 Å². The van der Waals surface area contributed by atoms with Crippen LogP contribution in [0.3, 0.4) is 0 Å². The van der Waals surface area contributed by atoms with Crippen LogP contribution in [0.2, 0.25) is 5.02 Å². The number of halogens is 1. The third kappa shape index (κ3) is 2.38. The number of benzene rings is 2. The summed E-state index contributed by atoms with van der Waals surface area (Å²) in [5, 5.41) is 9.06. The molecule has 0 aliphatic heterocycles. The maximum Gasteiger partial charge on any atom is 0.113 e. The Balaban J connectivity index is 2.01. The first kappa shape index (κ1) is 12.7. The van der Waals surface area contributed by atoms with Crippen LogP contribution in [0.1, 0.15) is 5.56 Å². The van der Waals surface area contributed by atoms with E-state index in [-0.39, 0.29) is 0 Å². The fourth-order valence-corrected chi connectivity index (χ4v) is 2.13. The molecule has 0 atom stereocenters. The Labute approximate surface area is 121 Å². The van der Waals surface area contributed by atoms with E-state index in [4.69, 9.17) is 17.3 Å². The number of nitrogens with zero attached hydrogens (tertiary/aromatic N) is 3. The van der Waals surface area contributed by atoms with Crippen LogP contribution in [0.25, 0.3) is 16.9 Å². The van der Waals surface area contributed by atoms with E-state index in [1.165, 1.54) is 0 Å². The first-order valence-corrected chi connectivity index (χ1v) is 6.56. The first-order chi connectivity index (χ1) is 9.63. The molecule has 2 N–H and O–H groups in total. The molecular formula is C15H13ClN4. The van der Waals surface area contributed by atoms with Crippen molar-refractivity contribution >= 4 is 17.3 Å². The van der Waals surface area contributed by atoms with Crippen LogP contribution in [-0.2, 0) is 0 Å². The quantitative estimate of drug-likeness (QED) is 0.733. The molecule has 100 valence electrons. The lowest BCUT2D eigenvalue weighted by Crippen LogP contribution is -1.99. The van der Waals surface area contributed by atoms with E-state index in [0.717, 1.165) is 22.5 Å². The minimum atomic E-state index is 0.702. The van der Waals surface area contributed by atoms with E-state index >= 15 is 0 Å². The Morgan fingerprint density at radius 2 is 1.85 bits per heavy atom. The Hall–Kier alpha value is -2.33. The molecule has 0 spiro atoms. The minimum absolute atomic E-state index is 0.702. The molecule has 0 radical (unpaired) electrons. The van der Waals surface area contributed by atoms with Crippen molar-refractivity contribution in [1.82, 2.24) is 15.0 Å². The number of hydrogen-bond donors (Lipinski definition) is 1. The lowest BCUT2D eigenvalue weighted by molar-refractivity contribution is 0.799. The number of nitrogens with two attached hydrogens (primary N) is 1. The summed E-state index contributed by atoms with van der Waals surface area (Å²) in [6.07, 6.45) is 1.88. The average Bonchev–Trinajstić information content (AvgIpc) is 2.92.